The summed E-state index contributed by atoms with van der Waals surface area (Å²) in [4.78, 5) is 3.88. The van der Waals surface area contributed by atoms with E-state index in [1.54, 1.807) is 13.3 Å². The third-order valence-electron chi connectivity index (χ3n) is 1.29. The van der Waals surface area contributed by atoms with Gasteiger partial charge in [0.25, 0.3) is 0 Å². The van der Waals surface area contributed by atoms with Crippen molar-refractivity contribution < 1.29 is 4.74 Å². The number of nitrogens with zero attached hydrogens (tertiary/aromatic N) is 1. The lowest BCUT2D eigenvalue weighted by Crippen LogP contribution is -1.91. The van der Waals surface area contributed by atoms with Crippen molar-refractivity contribution in [2.24, 2.45) is 0 Å². The Morgan fingerprint density at radius 3 is 2.91 bits per heavy atom. The van der Waals surface area contributed by atoms with Gasteiger partial charge in [-0.2, -0.15) is 0 Å². The summed E-state index contributed by atoms with van der Waals surface area (Å²) in [5.41, 5.74) is 1.01. The van der Waals surface area contributed by atoms with Gasteiger partial charge in [-0.1, -0.05) is 27.5 Å². The molecule has 1 aromatic rings. The monoisotopic (exact) mass is 235 g/mol. The molecule has 60 valence electrons. The normalized spacial score (nSPS) is 9.73. The molecule has 0 aliphatic heterocycles. The van der Waals surface area contributed by atoms with Gasteiger partial charge >= 0.3 is 0 Å². The predicted octanol–water partition coefficient (Wildman–Crippen LogP) is 2.64. The maximum atomic E-state index is 5.75. The molecule has 0 N–H and O–H groups in total. The number of ether oxygens (including phenoxy) is 1. The third kappa shape index (κ3) is 1.84. The van der Waals surface area contributed by atoms with Crippen molar-refractivity contribution in [2.75, 3.05) is 7.11 Å². The summed E-state index contributed by atoms with van der Waals surface area (Å²) < 4.78 is 5.04. The van der Waals surface area contributed by atoms with Crippen LogP contribution in [0.5, 0.6) is 5.75 Å². The SMILES string of the molecule is COc1c(CBr)ccnc1Cl. The lowest BCUT2D eigenvalue weighted by Gasteiger charge is -2.05. The molecule has 0 atom stereocenters. The van der Waals surface area contributed by atoms with E-state index < -0.39 is 0 Å². The van der Waals surface area contributed by atoms with Gasteiger partial charge in [-0.05, 0) is 6.07 Å². The van der Waals surface area contributed by atoms with Crippen LogP contribution in [0.4, 0.5) is 0 Å². The van der Waals surface area contributed by atoms with Crippen molar-refractivity contribution in [3.63, 3.8) is 0 Å². The summed E-state index contributed by atoms with van der Waals surface area (Å²) in [6, 6.07) is 1.86. The van der Waals surface area contributed by atoms with Gasteiger partial charge in [0, 0.05) is 17.1 Å². The lowest BCUT2D eigenvalue weighted by molar-refractivity contribution is 0.410. The van der Waals surface area contributed by atoms with E-state index in [0.717, 1.165) is 10.9 Å². The van der Waals surface area contributed by atoms with Crippen LogP contribution in [0.1, 0.15) is 5.56 Å². The minimum absolute atomic E-state index is 0.407. The van der Waals surface area contributed by atoms with Crippen molar-refractivity contribution in [1.82, 2.24) is 4.98 Å². The average molecular weight is 236 g/mol. The second kappa shape index (κ2) is 3.93. The van der Waals surface area contributed by atoms with Crippen LogP contribution < -0.4 is 4.74 Å². The summed E-state index contributed by atoms with van der Waals surface area (Å²) in [6.07, 6.45) is 1.65. The molecule has 11 heavy (non-hydrogen) atoms. The largest absolute Gasteiger partial charge is 0.493 e. The van der Waals surface area contributed by atoms with E-state index in [0.29, 0.717) is 10.9 Å². The first kappa shape index (κ1) is 8.81. The van der Waals surface area contributed by atoms with E-state index in [1.165, 1.54) is 0 Å². The molecule has 0 saturated heterocycles. The molecule has 1 aromatic heterocycles. The van der Waals surface area contributed by atoms with Gasteiger partial charge in [0.15, 0.2) is 10.9 Å². The number of rotatable bonds is 2. The van der Waals surface area contributed by atoms with Crippen molar-refractivity contribution in [2.45, 2.75) is 5.33 Å². The second-order valence-electron chi connectivity index (χ2n) is 1.93. The van der Waals surface area contributed by atoms with Gasteiger partial charge < -0.3 is 4.74 Å². The molecular weight excluding hydrogens is 229 g/mol. The minimum Gasteiger partial charge on any atom is -0.493 e. The van der Waals surface area contributed by atoms with E-state index in [-0.39, 0.29) is 0 Å². The second-order valence-corrected chi connectivity index (χ2v) is 2.85. The number of methoxy groups -OCH3 is 1. The first-order valence-electron chi connectivity index (χ1n) is 3.03. The van der Waals surface area contributed by atoms with E-state index in [4.69, 9.17) is 16.3 Å². The first-order valence-corrected chi connectivity index (χ1v) is 4.53. The number of aromatic nitrogens is 1. The van der Waals surface area contributed by atoms with Crippen LogP contribution in [0.15, 0.2) is 12.3 Å². The van der Waals surface area contributed by atoms with Crippen LogP contribution in [0.3, 0.4) is 0 Å². The summed E-state index contributed by atoms with van der Waals surface area (Å²) in [6.45, 7) is 0. The number of alkyl halides is 1. The third-order valence-corrected chi connectivity index (χ3v) is 2.16. The van der Waals surface area contributed by atoms with Gasteiger partial charge in [-0.3, -0.25) is 0 Å². The zero-order valence-corrected chi connectivity index (χ0v) is 8.32. The molecule has 0 fully saturated rings. The molecule has 4 heteroatoms. The van der Waals surface area contributed by atoms with Crippen molar-refractivity contribution in [1.29, 1.82) is 0 Å². The summed E-state index contributed by atoms with van der Waals surface area (Å²) >= 11 is 9.07. The Morgan fingerprint density at radius 2 is 2.45 bits per heavy atom. The zero-order chi connectivity index (χ0) is 8.27. The predicted molar refractivity (Wildman–Crippen MR) is 48.4 cm³/mol. The highest BCUT2D eigenvalue weighted by molar-refractivity contribution is 9.08. The molecule has 0 radical (unpaired) electrons. The zero-order valence-electron chi connectivity index (χ0n) is 5.97. The number of hydrogen-bond donors (Lipinski definition) is 0. The Labute approximate surface area is 78.7 Å². The summed E-state index contributed by atoms with van der Waals surface area (Å²) in [5, 5.41) is 1.13. The van der Waals surface area contributed by atoms with Crippen LogP contribution in [0.25, 0.3) is 0 Å². The molecule has 1 heterocycles. The van der Waals surface area contributed by atoms with Crippen molar-refractivity contribution >= 4 is 27.5 Å². The summed E-state index contributed by atoms with van der Waals surface area (Å²) in [5.74, 6) is 0.644. The van der Waals surface area contributed by atoms with Gasteiger partial charge in [-0.15, -0.1) is 0 Å². The lowest BCUT2D eigenvalue weighted by atomic mass is 10.3. The maximum Gasteiger partial charge on any atom is 0.171 e. The van der Waals surface area contributed by atoms with E-state index >= 15 is 0 Å². The van der Waals surface area contributed by atoms with Crippen LogP contribution in [-0.4, -0.2) is 12.1 Å². The molecule has 2 nitrogen and oxygen atoms in total. The molecule has 0 bridgehead atoms. The molecule has 0 amide bonds. The Balaban J connectivity index is 3.13. The van der Waals surface area contributed by atoms with E-state index in [9.17, 15) is 0 Å². The molecule has 0 unspecified atom stereocenters. The Hall–Kier alpha value is -0.280. The maximum absolute atomic E-state index is 5.75. The fourth-order valence-electron chi connectivity index (χ4n) is 0.780. The Kier molecular flexibility index (Phi) is 3.15. The number of pyridine rings is 1. The molecule has 1 rings (SSSR count). The number of hydrogen-bond acceptors (Lipinski definition) is 2. The molecular formula is C7H7BrClNO. The molecule has 0 spiro atoms. The van der Waals surface area contributed by atoms with Crippen LogP contribution in [-0.2, 0) is 5.33 Å². The molecule has 0 saturated carbocycles. The van der Waals surface area contributed by atoms with E-state index in [2.05, 4.69) is 20.9 Å². The van der Waals surface area contributed by atoms with Crippen LogP contribution in [0.2, 0.25) is 5.15 Å². The molecule has 0 aliphatic carbocycles. The Bertz CT molecular complexity index is 254. The number of halogens is 2. The standard InChI is InChI=1S/C7H7BrClNO/c1-11-6-5(4-8)2-3-10-7(6)9/h2-3H,4H2,1H3. The average Bonchev–Trinajstić information content (AvgIpc) is 2.04. The van der Waals surface area contributed by atoms with E-state index in [1.807, 2.05) is 6.07 Å². The fourth-order valence-corrected chi connectivity index (χ4v) is 1.48. The van der Waals surface area contributed by atoms with Crippen molar-refractivity contribution in [3.8, 4) is 5.75 Å². The van der Waals surface area contributed by atoms with Gasteiger partial charge in [-0.25, -0.2) is 4.98 Å². The van der Waals surface area contributed by atoms with Gasteiger partial charge in [0.05, 0.1) is 7.11 Å². The fraction of sp³-hybridized carbons (Fsp3) is 0.286. The van der Waals surface area contributed by atoms with Gasteiger partial charge in [0.1, 0.15) is 0 Å². The highest BCUT2D eigenvalue weighted by Crippen LogP contribution is 2.27. The first-order chi connectivity index (χ1) is 5.29. The van der Waals surface area contributed by atoms with Crippen molar-refractivity contribution in [3.05, 3.63) is 23.0 Å². The van der Waals surface area contributed by atoms with Gasteiger partial charge in [0.2, 0.25) is 0 Å². The highest BCUT2D eigenvalue weighted by atomic mass is 79.9. The topological polar surface area (TPSA) is 22.1 Å². The van der Waals surface area contributed by atoms with Crippen LogP contribution >= 0.6 is 27.5 Å². The summed E-state index contributed by atoms with van der Waals surface area (Å²) in [7, 11) is 1.58. The quantitative estimate of drug-likeness (QED) is 0.582. The van der Waals surface area contributed by atoms with Crippen LogP contribution in [0, 0.1) is 0 Å². The molecule has 0 aliphatic rings. The Morgan fingerprint density at radius 1 is 1.73 bits per heavy atom. The minimum atomic E-state index is 0.407. The highest BCUT2D eigenvalue weighted by Gasteiger charge is 2.05. The smallest absolute Gasteiger partial charge is 0.171 e. The molecule has 0 aromatic carbocycles.